The van der Waals surface area contributed by atoms with Crippen molar-refractivity contribution in [3.63, 3.8) is 0 Å². The Morgan fingerprint density at radius 1 is 1.21 bits per heavy atom. The monoisotopic (exact) mass is 253 g/mol. The van der Waals surface area contributed by atoms with Crippen LogP contribution in [0.3, 0.4) is 0 Å². The zero-order valence-electron chi connectivity index (χ0n) is 11.0. The highest BCUT2D eigenvalue weighted by atomic mass is 15.3. The summed E-state index contributed by atoms with van der Waals surface area (Å²) >= 11 is 0. The summed E-state index contributed by atoms with van der Waals surface area (Å²) in [6.07, 6.45) is 9.97. The molecule has 3 nitrogen and oxygen atoms in total. The molecule has 0 bridgehead atoms. The molecule has 0 spiro atoms. The van der Waals surface area contributed by atoms with Crippen molar-refractivity contribution in [2.45, 2.75) is 25.3 Å². The topological polar surface area (TPSA) is 29.9 Å². The van der Waals surface area contributed by atoms with Gasteiger partial charge in [-0.05, 0) is 50.1 Å². The summed E-state index contributed by atoms with van der Waals surface area (Å²) in [5, 5.41) is 7.88. The van der Waals surface area contributed by atoms with Gasteiger partial charge in [-0.25, -0.2) is 4.68 Å². The first-order valence-corrected chi connectivity index (χ1v) is 6.93. The zero-order valence-corrected chi connectivity index (χ0v) is 11.0. The summed E-state index contributed by atoms with van der Waals surface area (Å²) in [7, 11) is 0. The molecule has 3 rings (SSSR count). The number of rotatable bonds is 6. The number of nitrogens with one attached hydrogen (secondary N) is 1. The van der Waals surface area contributed by atoms with Crippen molar-refractivity contribution < 1.29 is 0 Å². The van der Waals surface area contributed by atoms with Gasteiger partial charge in [0.1, 0.15) is 0 Å². The van der Waals surface area contributed by atoms with E-state index in [1.807, 2.05) is 35.1 Å². The van der Waals surface area contributed by atoms with Crippen LogP contribution < -0.4 is 5.32 Å². The molecule has 1 aliphatic rings. The molecule has 3 heteroatoms. The van der Waals surface area contributed by atoms with E-state index >= 15 is 0 Å². The first-order valence-electron chi connectivity index (χ1n) is 6.93. The highest BCUT2D eigenvalue weighted by molar-refractivity contribution is 5.48. The van der Waals surface area contributed by atoms with Crippen molar-refractivity contribution in [3.05, 3.63) is 54.4 Å². The summed E-state index contributed by atoms with van der Waals surface area (Å²) in [4.78, 5) is 0. The molecule has 98 valence electrons. The number of nitrogens with zero attached hydrogens (tertiary/aromatic N) is 2. The van der Waals surface area contributed by atoms with Crippen LogP contribution in [0.4, 0.5) is 0 Å². The number of para-hydroxylation sites is 1. The van der Waals surface area contributed by atoms with E-state index < -0.39 is 0 Å². The van der Waals surface area contributed by atoms with Crippen molar-refractivity contribution in [2.75, 3.05) is 6.54 Å². The van der Waals surface area contributed by atoms with E-state index in [1.165, 1.54) is 12.8 Å². The van der Waals surface area contributed by atoms with Crippen LogP contribution in [0, 0.1) is 0 Å². The van der Waals surface area contributed by atoms with Crippen LogP contribution in [0.1, 0.15) is 25.0 Å². The van der Waals surface area contributed by atoms with Crippen molar-refractivity contribution >= 4 is 6.08 Å². The molecule has 2 aromatic rings. The third kappa shape index (κ3) is 3.32. The van der Waals surface area contributed by atoms with E-state index in [1.54, 1.807) is 0 Å². The average molecular weight is 253 g/mol. The van der Waals surface area contributed by atoms with E-state index in [9.17, 15) is 0 Å². The predicted octanol–water partition coefficient (Wildman–Crippen LogP) is 3.03. The van der Waals surface area contributed by atoms with Crippen molar-refractivity contribution in [1.29, 1.82) is 0 Å². The molecule has 1 N–H and O–H groups in total. The van der Waals surface area contributed by atoms with E-state index in [-0.39, 0.29) is 0 Å². The van der Waals surface area contributed by atoms with Crippen LogP contribution in [-0.2, 0) is 0 Å². The quantitative estimate of drug-likeness (QED) is 0.802. The van der Waals surface area contributed by atoms with Crippen LogP contribution in [0.15, 0.2) is 48.7 Å². The average Bonchev–Trinajstić information content (AvgIpc) is 3.16. The molecule has 0 saturated heterocycles. The molecule has 1 fully saturated rings. The molecule has 1 heterocycles. The molecule has 19 heavy (non-hydrogen) atoms. The Morgan fingerprint density at radius 2 is 2.05 bits per heavy atom. The molecular weight excluding hydrogens is 234 g/mol. The van der Waals surface area contributed by atoms with Gasteiger partial charge in [0.2, 0.25) is 0 Å². The summed E-state index contributed by atoms with van der Waals surface area (Å²) in [6.45, 7) is 1.07. The maximum absolute atomic E-state index is 4.37. The lowest BCUT2D eigenvalue weighted by Crippen LogP contribution is -2.16. The van der Waals surface area contributed by atoms with Gasteiger partial charge in [-0.2, -0.15) is 5.10 Å². The SMILES string of the molecule is C(=C\c1ccnn1-c1ccccc1)/CCNC1CC1. The van der Waals surface area contributed by atoms with E-state index in [0.29, 0.717) is 0 Å². The fourth-order valence-corrected chi connectivity index (χ4v) is 2.09. The molecule has 0 aliphatic heterocycles. The predicted molar refractivity (Wildman–Crippen MR) is 78.2 cm³/mol. The normalized spacial score (nSPS) is 15.2. The van der Waals surface area contributed by atoms with Gasteiger partial charge in [0, 0.05) is 6.04 Å². The lowest BCUT2D eigenvalue weighted by Gasteiger charge is -2.03. The molecule has 1 aromatic carbocycles. The highest BCUT2D eigenvalue weighted by Crippen LogP contribution is 2.18. The van der Waals surface area contributed by atoms with Crippen molar-refractivity contribution in [3.8, 4) is 5.69 Å². The summed E-state index contributed by atoms with van der Waals surface area (Å²) in [5.41, 5.74) is 2.22. The molecular formula is C16H19N3. The van der Waals surface area contributed by atoms with Crippen LogP contribution in [0.2, 0.25) is 0 Å². The second kappa shape index (κ2) is 5.85. The number of hydrogen-bond donors (Lipinski definition) is 1. The molecule has 1 saturated carbocycles. The Morgan fingerprint density at radius 3 is 2.84 bits per heavy atom. The Hall–Kier alpha value is -1.87. The second-order valence-electron chi connectivity index (χ2n) is 4.92. The van der Waals surface area contributed by atoms with E-state index in [4.69, 9.17) is 0 Å². The van der Waals surface area contributed by atoms with Gasteiger partial charge in [0.15, 0.2) is 0 Å². The zero-order chi connectivity index (χ0) is 12.9. The lowest BCUT2D eigenvalue weighted by atomic mass is 10.3. The minimum absolute atomic E-state index is 0.795. The maximum Gasteiger partial charge on any atom is 0.0665 e. The lowest BCUT2D eigenvalue weighted by molar-refractivity contribution is 0.691. The van der Waals surface area contributed by atoms with E-state index in [0.717, 1.165) is 30.4 Å². The molecule has 0 atom stereocenters. The standard InChI is InChI=1S/C16H19N3/c1-2-6-15(7-3-1)19-16(11-13-18-19)8-4-5-12-17-14-9-10-14/h1-4,6-8,11,13-14,17H,5,9-10,12H2/b8-4+. The van der Waals surface area contributed by atoms with E-state index in [2.05, 4.69) is 34.7 Å². The second-order valence-corrected chi connectivity index (χ2v) is 4.92. The van der Waals surface area contributed by atoms with Gasteiger partial charge in [-0.3, -0.25) is 0 Å². The minimum Gasteiger partial charge on any atom is -0.314 e. The molecule has 1 aromatic heterocycles. The van der Waals surface area contributed by atoms with Gasteiger partial charge in [-0.1, -0.05) is 24.3 Å². The number of hydrogen-bond acceptors (Lipinski definition) is 2. The van der Waals surface area contributed by atoms with Crippen LogP contribution in [0.5, 0.6) is 0 Å². The fraction of sp³-hybridized carbons (Fsp3) is 0.312. The molecule has 1 aliphatic carbocycles. The Balaban J connectivity index is 1.61. The Bertz CT molecular complexity index is 538. The number of aromatic nitrogens is 2. The first kappa shape index (κ1) is 12.2. The smallest absolute Gasteiger partial charge is 0.0665 e. The summed E-state index contributed by atoms with van der Waals surface area (Å²) in [6, 6.07) is 13.1. The van der Waals surface area contributed by atoms with Gasteiger partial charge in [0.25, 0.3) is 0 Å². The summed E-state index contributed by atoms with van der Waals surface area (Å²) in [5.74, 6) is 0. The van der Waals surface area contributed by atoms with Gasteiger partial charge >= 0.3 is 0 Å². The number of benzene rings is 1. The van der Waals surface area contributed by atoms with Crippen molar-refractivity contribution in [1.82, 2.24) is 15.1 Å². The summed E-state index contributed by atoms with van der Waals surface area (Å²) < 4.78 is 1.96. The largest absolute Gasteiger partial charge is 0.314 e. The van der Waals surface area contributed by atoms with Gasteiger partial charge in [0.05, 0.1) is 17.6 Å². The molecule has 0 amide bonds. The third-order valence-electron chi connectivity index (χ3n) is 3.28. The Kier molecular flexibility index (Phi) is 3.75. The van der Waals surface area contributed by atoms with Gasteiger partial charge in [-0.15, -0.1) is 0 Å². The highest BCUT2D eigenvalue weighted by Gasteiger charge is 2.19. The maximum atomic E-state index is 4.37. The van der Waals surface area contributed by atoms with Crippen LogP contribution in [0.25, 0.3) is 11.8 Å². The van der Waals surface area contributed by atoms with Crippen LogP contribution >= 0.6 is 0 Å². The minimum atomic E-state index is 0.795. The molecule has 0 unspecified atom stereocenters. The van der Waals surface area contributed by atoms with Gasteiger partial charge < -0.3 is 5.32 Å². The first-order chi connectivity index (χ1) is 9.43. The van der Waals surface area contributed by atoms with Crippen LogP contribution in [-0.4, -0.2) is 22.4 Å². The van der Waals surface area contributed by atoms with Crippen molar-refractivity contribution in [2.24, 2.45) is 0 Å². The molecule has 0 radical (unpaired) electrons. The third-order valence-corrected chi connectivity index (χ3v) is 3.28. The fourth-order valence-electron chi connectivity index (χ4n) is 2.09. The Labute approximate surface area is 114 Å².